The number of fused-ring (bicyclic) bond motifs is 2. The van der Waals surface area contributed by atoms with Gasteiger partial charge < -0.3 is 4.90 Å². The third-order valence-corrected chi connectivity index (χ3v) is 7.96. The van der Waals surface area contributed by atoms with E-state index < -0.39 is 16.5 Å². The maximum absolute atomic E-state index is 14.6. The Labute approximate surface area is 210 Å². The Balaban J connectivity index is 1.52. The maximum Gasteiger partial charge on any atom is 0.204 e. The molecule has 0 saturated carbocycles. The monoisotopic (exact) mass is 508 g/mol. The van der Waals surface area contributed by atoms with Gasteiger partial charge in [-0.25, -0.2) is 8.78 Å². The molecule has 0 bridgehead atoms. The summed E-state index contributed by atoms with van der Waals surface area (Å²) >= 11 is 1.23. The van der Waals surface area contributed by atoms with Gasteiger partial charge in [-0.05, 0) is 24.3 Å². The van der Waals surface area contributed by atoms with Gasteiger partial charge in [0.2, 0.25) is 6.54 Å². The molecule has 0 saturated heterocycles. The summed E-state index contributed by atoms with van der Waals surface area (Å²) < 4.78 is 28.5. The summed E-state index contributed by atoms with van der Waals surface area (Å²) in [6, 6.07) is 19.6. The molecule has 2 unspecified atom stereocenters. The molecule has 0 aromatic heterocycles. The number of anilines is 1. The fraction of sp³-hybridized carbons (Fsp3) is 0.231. The Morgan fingerprint density at radius 2 is 1.89 bits per heavy atom. The largest absolute Gasteiger partial charge is 0.363 e. The van der Waals surface area contributed by atoms with E-state index >= 15 is 0 Å². The van der Waals surface area contributed by atoms with Gasteiger partial charge in [0.25, 0.3) is 0 Å². The summed E-state index contributed by atoms with van der Waals surface area (Å²) in [7, 11) is 0. The van der Waals surface area contributed by atoms with Crippen LogP contribution in [0, 0.1) is 27.7 Å². The van der Waals surface area contributed by atoms with Crippen molar-refractivity contribution in [2.45, 2.75) is 11.3 Å². The molecular formula is C26H22F2N4O3S. The Morgan fingerprint density at radius 1 is 1.14 bits per heavy atom. The lowest BCUT2D eigenvalue weighted by molar-refractivity contribution is -0.481. The Hall–Kier alpha value is -3.79. The lowest BCUT2D eigenvalue weighted by atomic mass is 9.84. The summed E-state index contributed by atoms with van der Waals surface area (Å²) in [5.41, 5.74) is 5.31. The van der Waals surface area contributed by atoms with Crippen molar-refractivity contribution in [2.24, 2.45) is 11.0 Å². The number of nitrogens with one attached hydrogen (secondary N) is 1. The smallest absolute Gasteiger partial charge is 0.204 e. The number of ketones is 1. The van der Waals surface area contributed by atoms with Gasteiger partial charge in [-0.15, -0.1) is 0 Å². The van der Waals surface area contributed by atoms with Crippen LogP contribution < -0.4 is 10.3 Å². The van der Waals surface area contributed by atoms with Crippen LogP contribution in [0.1, 0.15) is 27.9 Å². The summed E-state index contributed by atoms with van der Waals surface area (Å²) in [5, 5.41) is 15.9. The molecule has 5 rings (SSSR count). The fourth-order valence-electron chi connectivity index (χ4n) is 4.77. The zero-order valence-electron chi connectivity index (χ0n) is 19.1. The second-order valence-corrected chi connectivity index (χ2v) is 9.95. The molecule has 2 atom stereocenters. The van der Waals surface area contributed by atoms with E-state index in [-0.39, 0.29) is 46.7 Å². The molecule has 7 nitrogen and oxygen atoms in total. The molecule has 0 radical (unpaired) electrons. The third-order valence-electron chi connectivity index (χ3n) is 6.49. The number of para-hydroxylation sites is 1. The van der Waals surface area contributed by atoms with E-state index in [1.54, 1.807) is 24.3 Å². The number of hydrogen-bond donors (Lipinski definition) is 1. The van der Waals surface area contributed by atoms with Crippen molar-refractivity contribution in [2.75, 3.05) is 24.5 Å². The quantitative estimate of drug-likeness (QED) is 0.280. The summed E-state index contributed by atoms with van der Waals surface area (Å²) in [5.74, 6) is -1.62. The molecule has 2 aliphatic rings. The van der Waals surface area contributed by atoms with Crippen LogP contribution in [-0.4, -0.2) is 35.4 Å². The molecule has 0 aliphatic carbocycles. The zero-order chi connectivity index (χ0) is 25.3. The number of thioether (sulfide) groups is 1. The maximum atomic E-state index is 14.6. The van der Waals surface area contributed by atoms with Crippen LogP contribution >= 0.6 is 11.8 Å². The van der Waals surface area contributed by atoms with Gasteiger partial charge in [-0.1, -0.05) is 60.3 Å². The molecule has 2 heterocycles. The number of nitrogens with zero attached hydrogens (tertiary/aromatic N) is 3. The van der Waals surface area contributed by atoms with Gasteiger partial charge in [-0.3, -0.25) is 20.3 Å². The van der Waals surface area contributed by atoms with Gasteiger partial charge in [0.1, 0.15) is 21.5 Å². The average molecular weight is 509 g/mol. The van der Waals surface area contributed by atoms with E-state index in [4.69, 9.17) is 0 Å². The van der Waals surface area contributed by atoms with Gasteiger partial charge in [0, 0.05) is 46.2 Å². The molecule has 2 aliphatic heterocycles. The molecule has 10 heteroatoms. The predicted molar refractivity (Wildman–Crippen MR) is 135 cm³/mol. The number of carbonyl (C=O) groups excluding carboxylic acids is 1. The molecule has 36 heavy (non-hydrogen) atoms. The third kappa shape index (κ3) is 4.44. The lowest BCUT2D eigenvalue weighted by Gasteiger charge is -2.46. The van der Waals surface area contributed by atoms with Crippen LogP contribution in [0.25, 0.3) is 0 Å². The van der Waals surface area contributed by atoms with Gasteiger partial charge >= 0.3 is 0 Å². The highest BCUT2D eigenvalue weighted by atomic mass is 32.2. The summed E-state index contributed by atoms with van der Waals surface area (Å²) in [6.07, 6.45) is 0.200. The van der Waals surface area contributed by atoms with Gasteiger partial charge in [-0.2, -0.15) is 5.10 Å². The number of hydrazone groups is 1. The molecular weight excluding hydrogens is 486 g/mol. The number of benzene rings is 3. The van der Waals surface area contributed by atoms with E-state index in [1.807, 2.05) is 35.2 Å². The first-order valence-corrected chi connectivity index (χ1v) is 12.2. The number of rotatable bonds is 7. The molecule has 3 aromatic rings. The van der Waals surface area contributed by atoms with E-state index in [0.717, 1.165) is 29.4 Å². The standard InChI is InChI=1S/C26H22F2N4O3S/c27-19-10-11-22(28)20(14-19)25-29-30-26(36-25)18(12-13-32(34)35)15-31(23-9-5-4-8-21(23)26)16-24(33)17-6-2-1-3-7-17/h1-11,14,18,30H,12-13,15-16H2. The van der Waals surface area contributed by atoms with Gasteiger partial charge in [0.15, 0.2) is 5.78 Å². The lowest BCUT2D eigenvalue weighted by Crippen LogP contribution is -2.52. The first-order valence-electron chi connectivity index (χ1n) is 11.4. The fourth-order valence-corrected chi connectivity index (χ4v) is 6.16. The molecule has 0 fully saturated rings. The van der Waals surface area contributed by atoms with Crippen molar-refractivity contribution in [3.63, 3.8) is 0 Å². The van der Waals surface area contributed by atoms with Crippen LogP contribution in [0.2, 0.25) is 0 Å². The van der Waals surface area contributed by atoms with E-state index in [0.29, 0.717) is 12.1 Å². The minimum Gasteiger partial charge on any atom is -0.363 e. The summed E-state index contributed by atoms with van der Waals surface area (Å²) in [6.45, 7) is 0.168. The Morgan fingerprint density at radius 3 is 2.67 bits per heavy atom. The minimum atomic E-state index is -0.938. The normalized spacial score (nSPS) is 20.6. The van der Waals surface area contributed by atoms with E-state index in [2.05, 4.69) is 10.5 Å². The van der Waals surface area contributed by atoms with Crippen molar-refractivity contribution >= 4 is 28.3 Å². The predicted octanol–water partition coefficient (Wildman–Crippen LogP) is 4.80. The van der Waals surface area contributed by atoms with Crippen molar-refractivity contribution in [3.05, 3.63) is 111 Å². The van der Waals surface area contributed by atoms with Crippen LogP contribution in [0.15, 0.2) is 77.9 Å². The molecule has 0 amide bonds. The highest BCUT2D eigenvalue weighted by molar-refractivity contribution is 8.15. The van der Waals surface area contributed by atoms with Crippen molar-refractivity contribution < 1.29 is 18.5 Å². The van der Waals surface area contributed by atoms with E-state index in [9.17, 15) is 23.7 Å². The number of Topliss-reactive ketones (excluding diaryl/α,β-unsaturated/α-hetero) is 1. The highest BCUT2D eigenvalue weighted by Crippen LogP contribution is 2.53. The van der Waals surface area contributed by atoms with Crippen molar-refractivity contribution in [1.82, 2.24) is 5.43 Å². The topological polar surface area (TPSA) is 87.8 Å². The molecule has 1 spiro atoms. The van der Waals surface area contributed by atoms with Crippen molar-refractivity contribution in [1.29, 1.82) is 0 Å². The van der Waals surface area contributed by atoms with Crippen LogP contribution in [0.4, 0.5) is 14.5 Å². The number of halogens is 2. The van der Waals surface area contributed by atoms with Crippen LogP contribution in [0.5, 0.6) is 0 Å². The first kappa shape index (κ1) is 23.9. The minimum absolute atomic E-state index is 0.0246. The first-order chi connectivity index (χ1) is 17.4. The SMILES string of the molecule is O=C(CN1CC(CC[N+](=O)[O-])C2(NN=C(c3cc(F)ccc3F)S2)c2ccccc21)c1ccccc1. The number of nitro groups is 1. The second kappa shape index (κ2) is 9.69. The Bertz CT molecular complexity index is 1350. The molecule has 184 valence electrons. The summed E-state index contributed by atoms with van der Waals surface area (Å²) in [4.78, 5) is 25.0. The second-order valence-electron chi connectivity index (χ2n) is 8.72. The molecule has 3 aromatic carbocycles. The van der Waals surface area contributed by atoms with Crippen molar-refractivity contribution in [3.8, 4) is 0 Å². The Kier molecular flexibility index (Phi) is 6.44. The number of hydrogen-bond acceptors (Lipinski definition) is 7. The molecule has 1 N–H and O–H groups in total. The number of carbonyl (C=O) groups is 1. The van der Waals surface area contributed by atoms with Crippen LogP contribution in [0.3, 0.4) is 0 Å². The van der Waals surface area contributed by atoms with E-state index in [1.165, 1.54) is 11.8 Å². The zero-order valence-corrected chi connectivity index (χ0v) is 19.9. The van der Waals surface area contributed by atoms with Crippen LogP contribution in [-0.2, 0) is 4.87 Å². The highest BCUT2D eigenvalue weighted by Gasteiger charge is 2.51. The van der Waals surface area contributed by atoms with Gasteiger partial charge in [0.05, 0.1) is 6.54 Å². The average Bonchev–Trinajstić information content (AvgIpc) is 3.32.